The molecule has 1 aliphatic rings. The Kier molecular flexibility index (Phi) is 4.34. The average molecular weight is 289 g/mol. The predicted molar refractivity (Wildman–Crippen MR) is 78.7 cm³/mol. The van der Waals surface area contributed by atoms with Gasteiger partial charge < -0.3 is 4.52 Å². The van der Waals surface area contributed by atoms with Crippen molar-refractivity contribution < 1.29 is 4.52 Å². The van der Waals surface area contributed by atoms with E-state index in [0.29, 0.717) is 11.8 Å². The second-order valence-electron chi connectivity index (χ2n) is 6.29. The number of aromatic nitrogens is 4. The minimum absolute atomic E-state index is 0.531. The fraction of sp³-hybridized carbons (Fsp3) is 0.667. The number of H-pyrrole nitrogens is 1. The first kappa shape index (κ1) is 14.3. The highest BCUT2D eigenvalue weighted by molar-refractivity contribution is 5.07. The van der Waals surface area contributed by atoms with Crippen molar-refractivity contribution in [3.63, 3.8) is 0 Å². The topological polar surface area (TPSA) is 70.8 Å². The summed E-state index contributed by atoms with van der Waals surface area (Å²) in [5.74, 6) is 2.62. The van der Waals surface area contributed by atoms with Crippen LogP contribution in [-0.4, -0.2) is 38.3 Å². The molecule has 3 rings (SSSR count). The molecule has 3 heterocycles. The van der Waals surface area contributed by atoms with Crippen LogP contribution in [0.15, 0.2) is 16.8 Å². The van der Waals surface area contributed by atoms with E-state index < -0.39 is 0 Å². The smallest absolute Gasteiger partial charge is 0.226 e. The van der Waals surface area contributed by atoms with Gasteiger partial charge in [0.25, 0.3) is 0 Å². The summed E-state index contributed by atoms with van der Waals surface area (Å²) in [5.41, 5.74) is 1.23. The predicted octanol–water partition coefficient (Wildman–Crippen LogP) is 2.37. The van der Waals surface area contributed by atoms with Gasteiger partial charge in [0.05, 0.1) is 6.54 Å². The van der Waals surface area contributed by atoms with Crippen LogP contribution in [0.3, 0.4) is 0 Å². The molecule has 1 saturated heterocycles. The van der Waals surface area contributed by atoms with Crippen LogP contribution in [0.4, 0.5) is 0 Å². The van der Waals surface area contributed by atoms with Crippen LogP contribution in [0.5, 0.6) is 0 Å². The zero-order chi connectivity index (χ0) is 14.7. The number of nitrogens with zero attached hydrogens (tertiary/aromatic N) is 4. The van der Waals surface area contributed by atoms with Gasteiger partial charge >= 0.3 is 0 Å². The summed E-state index contributed by atoms with van der Waals surface area (Å²) in [7, 11) is 0. The Morgan fingerprint density at radius 2 is 2.38 bits per heavy atom. The summed E-state index contributed by atoms with van der Waals surface area (Å²) in [6, 6.07) is 2.07. The Hall–Kier alpha value is -1.69. The Morgan fingerprint density at radius 1 is 1.48 bits per heavy atom. The Morgan fingerprint density at radius 3 is 3.14 bits per heavy atom. The monoisotopic (exact) mass is 289 g/mol. The number of likely N-dealkylation sites (tertiary alicyclic amines) is 1. The molecule has 0 radical (unpaired) electrons. The first-order chi connectivity index (χ1) is 10.2. The van der Waals surface area contributed by atoms with Crippen LogP contribution in [0.1, 0.15) is 50.0 Å². The maximum Gasteiger partial charge on any atom is 0.226 e. The highest BCUT2D eigenvalue weighted by Gasteiger charge is 2.23. The molecule has 0 aromatic carbocycles. The van der Waals surface area contributed by atoms with Gasteiger partial charge in [-0.2, -0.15) is 10.1 Å². The van der Waals surface area contributed by atoms with Gasteiger partial charge in [0, 0.05) is 30.8 Å². The lowest BCUT2D eigenvalue weighted by Crippen LogP contribution is -2.34. The first-order valence-corrected chi connectivity index (χ1v) is 7.74. The number of aromatic amines is 1. The highest BCUT2D eigenvalue weighted by atomic mass is 16.5. The van der Waals surface area contributed by atoms with E-state index in [1.807, 2.05) is 6.20 Å². The van der Waals surface area contributed by atoms with Gasteiger partial charge in [-0.3, -0.25) is 10.00 Å². The zero-order valence-electron chi connectivity index (χ0n) is 12.7. The normalized spacial score (nSPS) is 20.2. The zero-order valence-corrected chi connectivity index (χ0v) is 12.7. The van der Waals surface area contributed by atoms with Gasteiger partial charge in [0.1, 0.15) is 0 Å². The third-order valence-electron chi connectivity index (χ3n) is 3.93. The molecule has 21 heavy (non-hydrogen) atoms. The number of rotatable bonds is 5. The van der Waals surface area contributed by atoms with Crippen LogP contribution in [-0.2, 0) is 13.0 Å². The maximum atomic E-state index is 5.31. The van der Waals surface area contributed by atoms with Crippen molar-refractivity contribution in [2.24, 2.45) is 5.92 Å². The molecule has 0 bridgehead atoms. The molecule has 6 nitrogen and oxygen atoms in total. The SMILES string of the molecule is CC(C)Cc1nc(CN2CCC[C@@H](c3ccn[nH]3)C2)no1. The molecule has 0 saturated carbocycles. The van der Waals surface area contributed by atoms with E-state index in [1.165, 1.54) is 18.5 Å². The van der Waals surface area contributed by atoms with Crippen molar-refractivity contribution in [3.05, 3.63) is 29.7 Å². The molecule has 0 aliphatic carbocycles. The molecule has 0 unspecified atom stereocenters. The summed E-state index contributed by atoms with van der Waals surface area (Å²) in [5, 5.41) is 11.2. The Balaban J connectivity index is 1.58. The quantitative estimate of drug-likeness (QED) is 0.915. The van der Waals surface area contributed by atoms with E-state index in [1.54, 1.807) is 0 Å². The van der Waals surface area contributed by atoms with E-state index in [2.05, 4.69) is 45.2 Å². The fourth-order valence-electron chi connectivity index (χ4n) is 2.93. The highest BCUT2D eigenvalue weighted by Crippen LogP contribution is 2.25. The van der Waals surface area contributed by atoms with Crippen LogP contribution < -0.4 is 0 Å². The van der Waals surface area contributed by atoms with E-state index in [9.17, 15) is 0 Å². The summed E-state index contributed by atoms with van der Waals surface area (Å²) in [6.07, 6.45) is 5.08. The molecule has 1 N–H and O–H groups in total. The van der Waals surface area contributed by atoms with Gasteiger partial charge in [0.2, 0.25) is 5.89 Å². The third kappa shape index (κ3) is 3.69. The van der Waals surface area contributed by atoms with E-state index >= 15 is 0 Å². The molecule has 2 aromatic rings. The number of nitrogens with one attached hydrogen (secondary N) is 1. The van der Waals surface area contributed by atoms with Crippen LogP contribution >= 0.6 is 0 Å². The lowest BCUT2D eigenvalue weighted by atomic mass is 9.95. The summed E-state index contributed by atoms with van der Waals surface area (Å²) in [6.45, 7) is 7.20. The Labute approximate surface area is 124 Å². The van der Waals surface area contributed by atoms with Crippen LogP contribution in [0, 0.1) is 5.92 Å². The van der Waals surface area contributed by atoms with Gasteiger partial charge in [-0.25, -0.2) is 0 Å². The van der Waals surface area contributed by atoms with Crippen molar-refractivity contribution in [2.45, 2.75) is 45.6 Å². The Bertz CT molecular complexity index is 548. The second kappa shape index (κ2) is 6.39. The molecule has 0 spiro atoms. The average Bonchev–Trinajstić information content (AvgIpc) is 3.10. The number of hydrogen-bond donors (Lipinski definition) is 1. The number of hydrogen-bond acceptors (Lipinski definition) is 5. The molecule has 6 heteroatoms. The van der Waals surface area contributed by atoms with E-state index in [-0.39, 0.29) is 0 Å². The summed E-state index contributed by atoms with van der Waals surface area (Å²) in [4.78, 5) is 6.89. The first-order valence-electron chi connectivity index (χ1n) is 7.74. The summed E-state index contributed by atoms with van der Waals surface area (Å²) < 4.78 is 5.31. The van der Waals surface area contributed by atoms with Gasteiger partial charge in [0.15, 0.2) is 5.82 Å². The third-order valence-corrected chi connectivity index (χ3v) is 3.93. The van der Waals surface area contributed by atoms with Crippen molar-refractivity contribution in [1.82, 2.24) is 25.2 Å². The van der Waals surface area contributed by atoms with Crippen molar-refractivity contribution in [1.29, 1.82) is 0 Å². The minimum Gasteiger partial charge on any atom is -0.339 e. The summed E-state index contributed by atoms with van der Waals surface area (Å²) >= 11 is 0. The van der Waals surface area contributed by atoms with Gasteiger partial charge in [-0.15, -0.1) is 0 Å². The van der Waals surface area contributed by atoms with Crippen LogP contribution in [0.25, 0.3) is 0 Å². The molecule has 0 amide bonds. The van der Waals surface area contributed by atoms with Gasteiger partial charge in [-0.05, 0) is 31.4 Å². The van der Waals surface area contributed by atoms with E-state index in [4.69, 9.17) is 4.52 Å². The standard InChI is InChI=1S/C15H23N5O/c1-11(2)8-15-17-14(19-21-15)10-20-7-3-4-12(9-20)13-5-6-16-18-13/h5-6,11-12H,3-4,7-10H2,1-2H3,(H,16,18)/t12-/m1/s1. The minimum atomic E-state index is 0.531. The second-order valence-corrected chi connectivity index (χ2v) is 6.29. The van der Waals surface area contributed by atoms with Crippen molar-refractivity contribution in [2.75, 3.05) is 13.1 Å². The van der Waals surface area contributed by atoms with Gasteiger partial charge in [-0.1, -0.05) is 19.0 Å². The largest absolute Gasteiger partial charge is 0.339 e. The molecular formula is C15H23N5O. The fourth-order valence-corrected chi connectivity index (χ4v) is 2.93. The molecule has 1 atom stereocenters. The molecule has 1 fully saturated rings. The number of piperidine rings is 1. The molecular weight excluding hydrogens is 266 g/mol. The molecule has 114 valence electrons. The lowest BCUT2D eigenvalue weighted by molar-refractivity contribution is 0.192. The maximum absolute atomic E-state index is 5.31. The lowest BCUT2D eigenvalue weighted by Gasteiger charge is -2.31. The van der Waals surface area contributed by atoms with Crippen molar-refractivity contribution >= 4 is 0 Å². The molecule has 1 aliphatic heterocycles. The van der Waals surface area contributed by atoms with Crippen molar-refractivity contribution in [3.8, 4) is 0 Å². The molecule has 2 aromatic heterocycles. The van der Waals surface area contributed by atoms with Crippen LogP contribution in [0.2, 0.25) is 0 Å². The van der Waals surface area contributed by atoms with E-state index in [0.717, 1.165) is 37.8 Å².